The summed E-state index contributed by atoms with van der Waals surface area (Å²) in [6, 6.07) is 4.01. The van der Waals surface area contributed by atoms with E-state index in [0.29, 0.717) is 0 Å². The van der Waals surface area contributed by atoms with Crippen LogP contribution in [0.15, 0.2) is 23.8 Å². The van der Waals surface area contributed by atoms with Crippen molar-refractivity contribution in [3.05, 3.63) is 38.8 Å². The molecule has 0 saturated carbocycles. The van der Waals surface area contributed by atoms with Crippen molar-refractivity contribution in [3.63, 3.8) is 0 Å². The van der Waals surface area contributed by atoms with E-state index in [1.54, 1.807) is 11.3 Å². The van der Waals surface area contributed by atoms with Crippen LogP contribution in [0.25, 0.3) is 0 Å². The number of nitro groups is 1. The highest BCUT2D eigenvalue weighted by atomic mass is 32.1. The fraction of sp³-hybridized carbons (Fsp3) is 0.333. The van der Waals surface area contributed by atoms with Crippen LogP contribution in [0.2, 0.25) is 0 Å². The maximum atomic E-state index is 11.1. The van der Waals surface area contributed by atoms with Crippen LogP contribution >= 0.6 is 11.3 Å². The van der Waals surface area contributed by atoms with E-state index in [1.165, 1.54) is 18.3 Å². The van der Waals surface area contributed by atoms with Crippen LogP contribution in [-0.4, -0.2) is 28.0 Å². The maximum Gasteiger partial charge on any atom is 0.372 e. The lowest BCUT2D eigenvalue weighted by atomic mass is 10.2. The van der Waals surface area contributed by atoms with Crippen LogP contribution in [0.5, 0.6) is 5.88 Å². The molecule has 20 heavy (non-hydrogen) atoms. The standard InChI is InChI=1S/C12H14N4O3S/c1-8(6-9-4-3-5-20-9)15-11-10(16(17)18)12(19-2)14-7-13-11/h3-5,7-8H,6H2,1-2H3,(H,13,14,15). The number of methoxy groups -OCH3 is 1. The summed E-state index contributed by atoms with van der Waals surface area (Å²) in [5.41, 5.74) is -0.243. The Morgan fingerprint density at radius 3 is 2.95 bits per heavy atom. The minimum atomic E-state index is -0.543. The first-order valence-corrected chi connectivity index (χ1v) is 6.82. The predicted molar refractivity (Wildman–Crippen MR) is 76.3 cm³/mol. The average Bonchev–Trinajstić information content (AvgIpc) is 2.90. The van der Waals surface area contributed by atoms with Crippen molar-refractivity contribution in [1.29, 1.82) is 0 Å². The highest BCUT2D eigenvalue weighted by Crippen LogP contribution is 2.31. The molecule has 0 aliphatic rings. The van der Waals surface area contributed by atoms with Gasteiger partial charge in [-0.05, 0) is 18.4 Å². The summed E-state index contributed by atoms with van der Waals surface area (Å²) >= 11 is 1.65. The Kier molecular flexibility index (Phi) is 4.46. The van der Waals surface area contributed by atoms with E-state index >= 15 is 0 Å². The molecular weight excluding hydrogens is 280 g/mol. The maximum absolute atomic E-state index is 11.1. The molecule has 0 saturated heterocycles. The molecular formula is C12H14N4O3S. The Bertz CT molecular complexity index is 588. The Labute approximate surface area is 119 Å². The Hall–Kier alpha value is -2.22. The van der Waals surface area contributed by atoms with Gasteiger partial charge < -0.3 is 10.1 Å². The van der Waals surface area contributed by atoms with E-state index in [9.17, 15) is 10.1 Å². The van der Waals surface area contributed by atoms with Crippen molar-refractivity contribution in [2.24, 2.45) is 0 Å². The Balaban J connectivity index is 2.18. The molecule has 0 aromatic carbocycles. The zero-order chi connectivity index (χ0) is 14.5. The number of thiophene rings is 1. The summed E-state index contributed by atoms with van der Waals surface area (Å²) in [7, 11) is 1.34. The van der Waals surface area contributed by atoms with Gasteiger partial charge in [-0.2, -0.15) is 4.98 Å². The molecule has 0 aliphatic heterocycles. The van der Waals surface area contributed by atoms with E-state index in [4.69, 9.17) is 4.74 Å². The third-order valence-electron chi connectivity index (χ3n) is 2.64. The van der Waals surface area contributed by atoms with Crippen LogP contribution in [0, 0.1) is 10.1 Å². The molecule has 2 heterocycles. The van der Waals surface area contributed by atoms with Gasteiger partial charge in [0.15, 0.2) is 0 Å². The van der Waals surface area contributed by atoms with Crippen LogP contribution in [0.4, 0.5) is 11.5 Å². The molecule has 0 amide bonds. The van der Waals surface area contributed by atoms with Gasteiger partial charge in [-0.15, -0.1) is 11.3 Å². The van der Waals surface area contributed by atoms with Crippen molar-refractivity contribution in [1.82, 2.24) is 9.97 Å². The summed E-state index contributed by atoms with van der Waals surface area (Å²) in [5, 5.41) is 16.1. The zero-order valence-corrected chi connectivity index (χ0v) is 11.9. The fourth-order valence-corrected chi connectivity index (χ4v) is 2.63. The van der Waals surface area contributed by atoms with E-state index < -0.39 is 4.92 Å². The van der Waals surface area contributed by atoms with Crippen LogP contribution in [0.3, 0.4) is 0 Å². The zero-order valence-electron chi connectivity index (χ0n) is 11.1. The fourth-order valence-electron chi connectivity index (χ4n) is 1.80. The van der Waals surface area contributed by atoms with Gasteiger partial charge in [0.2, 0.25) is 5.82 Å². The van der Waals surface area contributed by atoms with E-state index in [2.05, 4.69) is 15.3 Å². The highest BCUT2D eigenvalue weighted by Gasteiger charge is 2.24. The molecule has 0 bridgehead atoms. The SMILES string of the molecule is COc1ncnc(NC(C)Cc2cccs2)c1[N+](=O)[O-]. The van der Waals surface area contributed by atoms with E-state index in [0.717, 1.165) is 6.42 Å². The molecule has 8 heteroatoms. The molecule has 1 unspecified atom stereocenters. The van der Waals surface area contributed by atoms with Gasteiger partial charge in [0, 0.05) is 17.3 Å². The minimum Gasteiger partial charge on any atom is -0.476 e. The second-order valence-corrected chi connectivity index (χ2v) is 5.20. The van der Waals surface area contributed by atoms with Gasteiger partial charge in [-0.25, -0.2) is 4.98 Å². The average molecular weight is 294 g/mol. The number of nitrogens with zero attached hydrogens (tertiary/aromatic N) is 3. The van der Waals surface area contributed by atoms with Crippen molar-refractivity contribution in [2.75, 3.05) is 12.4 Å². The molecule has 7 nitrogen and oxygen atoms in total. The molecule has 2 aromatic heterocycles. The smallest absolute Gasteiger partial charge is 0.372 e. The number of hydrogen-bond donors (Lipinski definition) is 1. The number of ether oxygens (including phenoxy) is 1. The normalized spacial score (nSPS) is 11.9. The lowest BCUT2D eigenvalue weighted by Gasteiger charge is -2.13. The molecule has 2 aromatic rings. The number of hydrogen-bond acceptors (Lipinski definition) is 7. The topological polar surface area (TPSA) is 90.2 Å². The Morgan fingerprint density at radius 2 is 2.35 bits per heavy atom. The lowest BCUT2D eigenvalue weighted by Crippen LogP contribution is -2.19. The number of aromatic nitrogens is 2. The summed E-state index contributed by atoms with van der Waals surface area (Å²) < 4.78 is 4.90. The largest absolute Gasteiger partial charge is 0.476 e. The van der Waals surface area contributed by atoms with Gasteiger partial charge in [-0.3, -0.25) is 10.1 Å². The minimum absolute atomic E-state index is 0.00644. The molecule has 106 valence electrons. The number of rotatable bonds is 6. The van der Waals surface area contributed by atoms with Crippen molar-refractivity contribution in [2.45, 2.75) is 19.4 Å². The molecule has 0 fully saturated rings. The summed E-state index contributed by atoms with van der Waals surface area (Å²) in [6.45, 7) is 1.94. The highest BCUT2D eigenvalue weighted by molar-refractivity contribution is 7.09. The molecule has 2 rings (SSSR count). The van der Waals surface area contributed by atoms with Crippen LogP contribution < -0.4 is 10.1 Å². The summed E-state index contributed by atoms with van der Waals surface area (Å²) in [6.07, 6.45) is 2.01. The molecule has 0 radical (unpaired) electrons. The van der Waals surface area contributed by atoms with Crippen molar-refractivity contribution < 1.29 is 9.66 Å². The quantitative estimate of drug-likeness (QED) is 0.650. The third-order valence-corrected chi connectivity index (χ3v) is 3.53. The number of nitrogens with one attached hydrogen (secondary N) is 1. The van der Waals surface area contributed by atoms with Gasteiger partial charge in [0.05, 0.1) is 12.0 Å². The second kappa shape index (κ2) is 6.29. The van der Waals surface area contributed by atoms with Gasteiger partial charge in [0.25, 0.3) is 5.88 Å². The van der Waals surface area contributed by atoms with Crippen LogP contribution in [-0.2, 0) is 6.42 Å². The number of anilines is 1. The predicted octanol–water partition coefficient (Wildman–Crippen LogP) is 2.50. The molecule has 1 N–H and O–H groups in total. The monoisotopic (exact) mass is 294 g/mol. The molecule has 1 atom stereocenters. The van der Waals surface area contributed by atoms with Gasteiger partial charge in [0.1, 0.15) is 6.33 Å². The van der Waals surface area contributed by atoms with E-state index in [1.807, 2.05) is 24.4 Å². The van der Waals surface area contributed by atoms with Gasteiger partial charge >= 0.3 is 5.69 Å². The van der Waals surface area contributed by atoms with Gasteiger partial charge in [-0.1, -0.05) is 6.07 Å². The summed E-state index contributed by atoms with van der Waals surface area (Å²) in [4.78, 5) is 19.5. The first kappa shape index (κ1) is 14.2. The summed E-state index contributed by atoms with van der Waals surface area (Å²) in [5.74, 6) is 0.127. The van der Waals surface area contributed by atoms with E-state index in [-0.39, 0.29) is 23.4 Å². The van der Waals surface area contributed by atoms with Crippen molar-refractivity contribution >= 4 is 22.8 Å². The first-order chi connectivity index (χ1) is 9.61. The third kappa shape index (κ3) is 3.21. The molecule has 0 aliphatic carbocycles. The van der Waals surface area contributed by atoms with Crippen LogP contribution in [0.1, 0.15) is 11.8 Å². The molecule has 0 spiro atoms. The lowest BCUT2D eigenvalue weighted by molar-refractivity contribution is -0.385. The second-order valence-electron chi connectivity index (χ2n) is 4.17. The van der Waals surface area contributed by atoms with Crippen molar-refractivity contribution in [3.8, 4) is 5.88 Å². The Morgan fingerprint density at radius 1 is 1.55 bits per heavy atom. The first-order valence-electron chi connectivity index (χ1n) is 5.94.